The molecule has 0 fully saturated rings. The Labute approximate surface area is 144 Å². The number of nitrogen functional groups attached to an aromatic ring is 2. The van der Waals surface area contributed by atoms with E-state index in [0.29, 0.717) is 16.2 Å². The second kappa shape index (κ2) is 8.21. The molecule has 2 aromatic carbocycles. The number of anilines is 2. The molecule has 1 heterocycles. The number of carbonyl (C=O) groups is 1. The van der Waals surface area contributed by atoms with Crippen molar-refractivity contribution < 1.29 is 10.0 Å². The van der Waals surface area contributed by atoms with Crippen molar-refractivity contribution in [3.63, 3.8) is 0 Å². The smallest absolute Gasteiger partial charge is 0.270 e. The van der Waals surface area contributed by atoms with Crippen LogP contribution in [0.5, 0.6) is 0 Å². The molecule has 0 bridgehead atoms. The van der Waals surface area contributed by atoms with Gasteiger partial charge >= 0.3 is 0 Å². The van der Waals surface area contributed by atoms with Crippen LogP contribution in [0.4, 0.5) is 11.4 Å². The van der Waals surface area contributed by atoms with Crippen LogP contribution in [0.1, 0.15) is 21.6 Å². The quantitative estimate of drug-likeness (QED) is 0.330. The predicted octanol–water partition coefficient (Wildman–Crippen LogP) is 2.24. The van der Waals surface area contributed by atoms with Crippen LogP contribution in [0.2, 0.25) is 0 Å². The molecular weight excluding hydrogens is 318 g/mol. The molecule has 128 valence electrons. The Bertz CT molecular complexity index is 872. The Morgan fingerprint density at radius 2 is 1.64 bits per heavy atom. The van der Waals surface area contributed by atoms with E-state index >= 15 is 0 Å². The van der Waals surface area contributed by atoms with Crippen LogP contribution in [0.15, 0.2) is 60.8 Å². The van der Waals surface area contributed by atoms with Gasteiger partial charge < -0.3 is 22.4 Å². The third-order valence-electron chi connectivity index (χ3n) is 3.26. The van der Waals surface area contributed by atoms with Crippen LogP contribution < -0.4 is 17.2 Å². The molecule has 3 rings (SSSR count). The average Bonchev–Trinajstić information content (AvgIpc) is 3.04. The lowest BCUT2D eigenvalue weighted by atomic mass is 10.1. The highest BCUT2D eigenvalue weighted by Gasteiger charge is 2.04. The number of nitrogens with two attached hydrogens (primary N) is 3. The number of benzene rings is 2. The highest BCUT2D eigenvalue weighted by atomic mass is 16.5. The highest BCUT2D eigenvalue weighted by Crippen LogP contribution is 2.17. The zero-order chi connectivity index (χ0) is 18.2. The summed E-state index contributed by atoms with van der Waals surface area (Å²) in [6.45, 7) is 0. The Hall–Kier alpha value is -3.74. The standard InChI is InChI=1S/C14H14N2.C4H5N3O2/c15-13-9-8-12(10-14(13)16)7-6-11-4-2-1-3-5-11;5-4(8)3-1-2-6-7(3)9/h1-10H,15-16H2;1-2,9H,(H2,5,8). The van der Waals surface area contributed by atoms with E-state index in [4.69, 9.17) is 22.4 Å². The van der Waals surface area contributed by atoms with E-state index in [1.807, 2.05) is 48.6 Å². The van der Waals surface area contributed by atoms with Gasteiger partial charge in [-0.3, -0.25) is 4.79 Å². The normalized spacial score (nSPS) is 10.2. The zero-order valence-corrected chi connectivity index (χ0v) is 13.4. The fraction of sp³-hybridized carbons (Fsp3) is 0. The minimum Gasteiger partial charge on any atom is -0.411 e. The van der Waals surface area contributed by atoms with Gasteiger partial charge in [-0.25, -0.2) is 0 Å². The van der Waals surface area contributed by atoms with Crippen molar-refractivity contribution >= 4 is 29.4 Å². The van der Waals surface area contributed by atoms with Crippen molar-refractivity contribution in [2.75, 3.05) is 11.5 Å². The van der Waals surface area contributed by atoms with E-state index in [1.54, 1.807) is 0 Å². The summed E-state index contributed by atoms with van der Waals surface area (Å²) < 4.78 is 0. The van der Waals surface area contributed by atoms with Gasteiger partial charge in [-0.1, -0.05) is 53.4 Å². The van der Waals surface area contributed by atoms with Gasteiger partial charge in [0.2, 0.25) is 0 Å². The van der Waals surface area contributed by atoms with Crippen molar-refractivity contribution in [3.05, 3.63) is 77.6 Å². The van der Waals surface area contributed by atoms with E-state index in [-0.39, 0.29) is 5.69 Å². The third kappa shape index (κ3) is 5.14. The van der Waals surface area contributed by atoms with Gasteiger partial charge in [0, 0.05) is 0 Å². The van der Waals surface area contributed by atoms with Crippen molar-refractivity contribution in [1.82, 2.24) is 9.94 Å². The molecule has 0 aliphatic rings. The molecule has 25 heavy (non-hydrogen) atoms. The second-order valence-electron chi connectivity index (χ2n) is 5.10. The first-order valence-corrected chi connectivity index (χ1v) is 7.38. The number of aromatic nitrogens is 2. The molecule has 7 N–H and O–H groups in total. The molecule has 0 atom stereocenters. The lowest BCUT2D eigenvalue weighted by Gasteiger charge is -2.00. The maximum atomic E-state index is 10.3. The summed E-state index contributed by atoms with van der Waals surface area (Å²) >= 11 is 0. The number of carbonyl (C=O) groups excluding carboxylic acids is 1. The van der Waals surface area contributed by atoms with E-state index in [9.17, 15) is 4.79 Å². The molecule has 7 heteroatoms. The Morgan fingerprint density at radius 1 is 0.960 bits per heavy atom. The summed E-state index contributed by atoms with van der Waals surface area (Å²) in [5, 5.41) is 11.9. The molecule has 0 aliphatic carbocycles. The summed E-state index contributed by atoms with van der Waals surface area (Å²) in [4.78, 5) is 10.7. The van der Waals surface area contributed by atoms with Crippen LogP contribution >= 0.6 is 0 Å². The van der Waals surface area contributed by atoms with Crippen LogP contribution in [0, 0.1) is 0 Å². The largest absolute Gasteiger partial charge is 0.411 e. The number of primary amides is 1. The van der Waals surface area contributed by atoms with Gasteiger partial charge in [0.05, 0.1) is 17.6 Å². The van der Waals surface area contributed by atoms with Crippen LogP contribution in [0.3, 0.4) is 0 Å². The van der Waals surface area contributed by atoms with Crippen molar-refractivity contribution in [1.29, 1.82) is 0 Å². The maximum Gasteiger partial charge on any atom is 0.270 e. The fourth-order valence-electron chi connectivity index (χ4n) is 1.93. The summed E-state index contributed by atoms with van der Waals surface area (Å²) in [5.41, 5.74) is 19.6. The molecule has 0 radical (unpaired) electrons. The average molecular weight is 337 g/mol. The third-order valence-corrected chi connectivity index (χ3v) is 3.26. The van der Waals surface area contributed by atoms with Gasteiger partial charge in [-0.05, 0) is 29.3 Å². The van der Waals surface area contributed by atoms with E-state index in [1.165, 1.54) is 12.3 Å². The predicted molar refractivity (Wildman–Crippen MR) is 98.6 cm³/mol. The minimum absolute atomic E-state index is 0.0185. The number of hydrogen-bond acceptors (Lipinski definition) is 5. The number of hydrogen-bond donors (Lipinski definition) is 4. The topological polar surface area (TPSA) is 133 Å². The molecule has 0 unspecified atom stereocenters. The lowest BCUT2D eigenvalue weighted by molar-refractivity contribution is 0.0917. The first-order valence-electron chi connectivity index (χ1n) is 7.38. The lowest BCUT2D eigenvalue weighted by Crippen LogP contribution is -2.15. The summed E-state index contributed by atoms with van der Waals surface area (Å²) in [6, 6.07) is 17.1. The van der Waals surface area contributed by atoms with Crippen LogP contribution in [-0.2, 0) is 0 Å². The Kier molecular flexibility index (Phi) is 5.78. The SMILES string of the molecule is NC(=O)c1ccnn1O.Nc1ccc(C=Cc2ccccc2)cc1N. The molecular formula is C18H19N5O2. The minimum atomic E-state index is -0.699. The van der Waals surface area contributed by atoms with Crippen molar-refractivity contribution in [3.8, 4) is 0 Å². The van der Waals surface area contributed by atoms with Gasteiger partial charge in [-0.15, -0.1) is 5.10 Å². The Balaban J connectivity index is 0.000000212. The molecule has 0 saturated heterocycles. The maximum absolute atomic E-state index is 10.3. The zero-order valence-electron chi connectivity index (χ0n) is 13.4. The molecule has 7 nitrogen and oxygen atoms in total. The van der Waals surface area contributed by atoms with Crippen molar-refractivity contribution in [2.24, 2.45) is 5.73 Å². The first-order chi connectivity index (χ1) is 12.0. The summed E-state index contributed by atoms with van der Waals surface area (Å²) in [5.74, 6) is -0.699. The van der Waals surface area contributed by atoms with Gasteiger partial charge in [0.1, 0.15) is 0 Å². The van der Waals surface area contributed by atoms with E-state index < -0.39 is 5.91 Å². The summed E-state index contributed by atoms with van der Waals surface area (Å²) in [6.07, 6.45) is 5.34. The van der Waals surface area contributed by atoms with Crippen LogP contribution in [-0.4, -0.2) is 21.1 Å². The highest BCUT2D eigenvalue weighted by molar-refractivity contribution is 5.90. The number of nitrogens with zero attached hydrogens (tertiary/aromatic N) is 2. The van der Waals surface area contributed by atoms with Gasteiger partial charge in [-0.2, -0.15) is 0 Å². The monoisotopic (exact) mass is 337 g/mol. The second-order valence-corrected chi connectivity index (χ2v) is 5.10. The molecule has 0 spiro atoms. The van der Waals surface area contributed by atoms with Gasteiger partial charge in [0.15, 0.2) is 5.69 Å². The van der Waals surface area contributed by atoms with E-state index in [0.717, 1.165) is 11.1 Å². The summed E-state index contributed by atoms with van der Waals surface area (Å²) in [7, 11) is 0. The molecule has 1 aromatic heterocycles. The van der Waals surface area contributed by atoms with Gasteiger partial charge in [0.25, 0.3) is 5.91 Å². The number of rotatable bonds is 3. The molecule has 1 amide bonds. The molecule has 0 aliphatic heterocycles. The Morgan fingerprint density at radius 3 is 2.16 bits per heavy atom. The number of amides is 1. The molecule has 3 aromatic rings. The van der Waals surface area contributed by atoms with E-state index in [2.05, 4.69) is 17.2 Å². The van der Waals surface area contributed by atoms with Crippen LogP contribution in [0.25, 0.3) is 12.2 Å². The van der Waals surface area contributed by atoms with Crippen molar-refractivity contribution in [2.45, 2.75) is 0 Å². The first kappa shape index (κ1) is 17.6. The molecule has 0 saturated carbocycles. The fourth-order valence-corrected chi connectivity index (χ4v) is 1.93.